The quantitative estimate of drug-likeness (QED) is 0.357. The zero-order valence-electron chi connectivity index (χ0n) is 20.5. The summed E-state index contributed by atoms with van der Waals surface area (Å²) in [6.07, 6.45) is 1.70. The summed E-state index contributed by atoms with van der Waals surface area (Å²) in [5, 5.41) is 4.11. The van der Waals surface area contributed by atoms with E-state index in [1.807, 2.05) is 73.7 Å². The summed E-state index contributed by atoms with van der Waals surface area (Å²) in [4.78, 5) is 34.8. The minimum Gasteiger partial charge on any atom is -0.465 e. The molecule has 0 bridgehead atoms. The summed E-state index contributed by atoms with van der Waals surface area (Å²) in [5.74, 6) is -0.376. The third kappa shape index (κ3) is 5.03. The maximum atomic E-state index is 13.1. The topological polar surface area (TPSA) is 71.5 Å². The van der Waals surface area contributed by atoms with Gasteiger partial charge in [0.05, 0.1) is 28.8 Å². The Bertz CT molecular complexity index is 1390. The van der Waals surface area contributed by atoms with Crippen molar-refractivity contribution < 1.29 is 14.3 Å². The molecular weight excluding hydrogens is 470 g/mol. The second-order valence-electron chi connectivity index (χ2n) is 9.12. The van der Waals surface area contributed by atoms with Crippen LogP contribution in [0.25, 0.3) is 22.0 Å². The minimum atomic E-state index is -0.379. The average molecular weight is 500 g/mol. The van der Waals surface area contributed by atoms with Gasteiger partial charge in [-0.05, 0) is 43.5 Å². The molecule has 1 amide bonds. The lowest BCUT2D eigenvalue weighted by molar-refractivity contribution is 0.0597. The Labute approximate surface area is 214 Å². The molecule has 1 saturated heterocycles. The Balaban J connectivity index is 1.40. The number of carbonyl (C=O) groups is 2. The largest absolute Gasteiger partial charge is 0.465 e. The van der Waals surface area contributed by atoms with Crippen molar-refractivity contribution in [2.75, 3.05) is 20.2 Å². The zero-order chi connectivity index (χ0) is 25.1. The number of thiophene rings is 1. The number of esters is 1. The van der Waals surface area contributed by atoms with E-state index in [-0.39, 0.29) is 17.9 Å². The molecule has 0 spiro atoms. The molecular formula is C29H29N3O3S. The van der Waals surface area contributed by atoms with Crippen molar-refractivity contribution in [2.24, 2.45) is 0 Å². The lowest BCUT2D eigenvalue weighted by Gasteiger charge is -2.32. The number of para-hydroxylation sites is 1. The molecule has 36 heavy (non-hydrogen) atoms. The molecule has 3 heterocycles. The van der Waals surface area contributed by atoms with Gasteiger partial charge in [0, 0.05) is 41.5 Å². The van der Waals surface area contributed by atoms with E-state index in [0.717, 1.165) is 63.4 Å². The fourth-order valence-electron chi connectivity index (χ4n) is 4.86. The van der Waals surface area contributed by atoms with E-state index in [9.17, 15) is 9.59 Å². The van der Waals surface area contributed by atoms with E-state index in [1.54, 1.807) is 0 Å². The molecule has 2 aromatic heterocycles. The molecule has 0 aliphatic carbocycles. The monoisotopic (exact) mass is 499 g/mol. The molecule has 1 N–H and O–H groups in total. The minimum absolute atomic E-state index is 0.00299. The van der Waals surface area contributed by atoms with Gasteiger partial charge in [-0.2, -0.15) is 0 Å². The van der Waals surface area contributed by atoms with Crippen LogP contribution in [0.4, 0.5) is 0 Å². The van der Waals surface area contributed by atoms with Gasteiger partial charge in [-0.25, -0.2) is 4.79 Å². The lowest BCUT2D eigenvalue weighted by atomic mass is 9.93. The van der Waals surface area contributed by atoms with Crippen molar-refractivity contribution in [3.63, 3.8) is 0 Å². The summed E-state index contributed by atoms with van der Waals surface area (Å²) < 4.78 is 5.24. The van der Waals surface area contributed by atoms with E-state index in [4.69, 9.17) is 9.72 Å². The van der Waals surface area contributed by atoms with E-state index >= 15 is 0 Å². The van der Waals surface area contributed by atoms with E-state index in [2.05, 4.69) is 10.2 Å². The fraction of sp³-hybridized carbons (Fsp3) is 0.276. The third-order valence-electron chi connectivity index (χ3n) is 6.68. The van der Waals surface area contributed by atoms with Gasteiger partial charge in [-0.1, -0.05) is 48.5 Å². The Morgan fingerprint density at radius 3 is 2.44 bits per heavy atom. The van der Waals surface area contributed by atoms with E-state index in [0.29, 0.717) is 12.1 Å². The number of aromatic nitrogens is 1. The highest BCUT2D eigenvalue weighted by Gasteiger charge is 2.27. The van der Waals surface area contributed by atoms with Crippen LogP contribution in [-0.4, -0.2) is 48.0 Å². The number of nitrogens with one attached hydrogen (secondary N) is 1. The number of hydrogen-bond acceptors (Lipinski definition) is 6. The first-order valence-corrected chi connectivity index (χ1v) is 13.0. The number of nitrogens with zero attached hydrogens (tertiary/aromatic N) is 2. The average Bonchev–Trinajstić information content (AvgIpc) is 3.35. The fourth-order valence-corrected chi connectivity index (χ4v) is 5.63. The van der Waals surface area contributed by atoms with E-state index < -0.39 is 0 Å². The highest BCUT2D eigenvalue weighted by Crippen LogP contribution is 2.34. The van der Waals surface area contributed by atoms with Crippen LogP contribution in [0.15, 0.2) is 66.7 Å². The molecule has 7 heteroatoms. The first kappa shape index (κ1) is 24.2. The number of carbonyl (C=O) groups excluding carboxylic acids is 2. The van der Waals surface area contributed by atoms with Crippen molar-refractivity contribution in [3.8, 4) is 11.1 Å². The summed E-state index contributed by atoms with van der Waals surface area (Å²) in [7, 11) is 1.42. The maximum Gasteiger partial charge on any atom is 0.340 e. The molecule has 0 radical (unpaired) electrons. The summed E-state index contributed by atoms with van der Waals surface area (Å²) in [6, 6.07) is 21.9. The van der Waals surface area contributed by atoms with Gasteiger partial charge >= 0.3 is 5.97 Å². The summed E-state index contributed by atoms with van der Waals surface area (Å²) >= 11 is 1.52. The number of piperidine rings is 1. The molecule has 4 aromatic rings. The molecule has 5 rings (SSSR count). The summed E-state index contributed by atoms with van der Waals surface area (Å²) in [6.45, 7) is 4.17. The number of ether oxygens (including phenoxy) is 1. The Hall–Kier alpha value is -3.55. The van der Waals surface area contributed by atoms with Gasteiger partial charge in [-0.15, -0.1) is 11.3 Å². The molecule has 1 aliphatic rings. The van der Waals surface area contributed by atoms with Crippen LogP contribution in [-0.2, 0) is 11.3 Å². The maximum absolute atomic E-state index is 13.1. The van der Waals surface area contributed by atoms with Gasteiger partial charge in [0.15, 0.2) is 0 Å². The van der Waals surface area contributed by atoms with Crippen LogP contribution in [0, 0.1) is 6.92 Å². The van der Waals surface area contributed by atoms with Gasteiger partial charge in [0.1, 0.15) is 0 Å². The first-order valence-electron chi connectivity index (χ1n) is 12.2. The predicted molar refractivity (Wildman–Crippen MR) is 143 cm³/mol. The predicted octanol–water partition coefficient (Wildman–Crippen LogP) is 5.45. The number of hydrogen-bond donors (Lipinski definition) is 1. The molecule has 0 atom stereocenters. The molecule has 0 unspecified atom stereocenters. The van der Waals surface area contributed by atoms with Crippen molar-refractivity contribution in [2.45, 2.75) is 32.4 Å². The SMILES string of the molecule is COC(=O)c1c(CN2CCC(NC(=O)c3ccc(C)s3)CC2)nc2ccccc2c1-c1ccccc1. The van der Waals surface area contributed by atoms with Crippen molar-refractivity contribution in [1.29, 1.82) is 0 Å². The molecule has 184 valence electrons. The van der Waals surface area contributed by atoms with Gasteiger partial charge < -0.3 is 10.1 Å². The normalized spacial score (nSPS) is 14.6. The van der Waals surface area contributed by atoms with Crippen LogP contribution < -0.4 is 5.32 Å². The van der Waals surface area contributed by atoms with Crippen LogP contribution in [0.3, 0.4) is 0 Å². The number of aryl methyl sites for hydroxylation is 1. The second-order valence-corrected chi connectivity index (χ2v) is 10.4. The zero-order valence-corrected chi connectivity index (χ0v) is 21.3. The number of fused-ring (bicyclic) bond motifs is 1. The van der Waals surface area contributed by atoms with Crippen LogP contribution in [0.1, 0.15) is 43.4 Å². The Morgan fingerprint density at radius 2 is 1.75 bits per heavy atom. The number of benzene rings is 2. The van der Waals surface area contributed by atoms with Crippen LogP contribution in [0.2, 0.25) is 0 Å². The molecule has 0 saturated carbocycles. The number of methoxy groups -OCH3 is 1. The van der Waals surface area contributed by atoms with Crippen LogP contribution >= 0.6 is 11.3 Å². The molecule has 1 aliphatic heterocycles. The second kappa shape index (κ2) is 10.6. The number of rotatable bonds is 6. The number of pyridine rings is 1. The number of amides is 1. The highest BCUT2D eigenvalue weighted by molar-refractivity contribution is 7.13. The standard InChI is InChI=1S/C29H29N3O3S/c1-19-12-13-25(36-19)28(33)30-21-14-16-32(17-15-21)18-24-27(29(34)35-2)26(20-8-4-3-5-9-20)22-10-6-7-11-23(22)31-24/h3-13,21H,14-18H2,1-2H3,(H,30,33). The summed E-state index contributed by atoms with van der Waals surface area (Å²) in [5.41, 5.74) is 3.91. The van der Waals surface area contributed by atoms with E-state index in [1.165, 1.54) is 18.4 Å². The first-order chi connectivity index (χ1) is 17.5. The Kier molecular flexibility index (Phi) is 7.11. The molecule has 1 fully saturated rings. The van der Waals surface area contributed by atoms with Gasteiger partial charge in [0.25, 0.3) is 5.91 Å². The van der Waals surface area contributed by atoms with Gasteiger partial charge in [0.2, 0.25) is 0 Å². The third-order valence-corrected chi connectivity index (χ3v) is 7.68. The molecule has 6 nitrogen and oxygen atoms in total. The number of likely N-dealkylation sites (tertiary alicyclic amines) is 1. The van der Waals surface area contributed by atoms with Crippen LogP contribution in [0.5, 0.6) is 0 Å². The van der Waals surface area contributed by atoms with Crippen molar-refractivity contribution in [1.82, 2.24) is 15.2 Å². The smallest absolute Gasteiger partial charge is 0.340 e. The highest BCUT2D eigenvalue weighted by atomic mass is 32.1. The van der Waals surface area contributed by atoms with Gasteiger partial charge in [-0.3, -0.25) is 14.7 Å². The van der Waals surface area contributed by atoms with Crippen molar-refractivity contribution >= 4 is 34.1 Å². The van der Waals surface area contributed by atoms with Crippen molar-refractivity contribution in [3.05, 3.63) is 87.7 Å². The Morgan fingerprint density at radius 1 is 1.03 bits per heavy atom. The lowest BCUT2D eigenvalue weighted by Crippen LogP contribution is -2.44. The molecule has 2 aromatic carbocycles.